The van der Waals surface area contributed by atoms with Gasteiger partial charge >= 0.3 is 6.09 Å². The summed E-state index contributed by atoms with van der Waals surface area (Å²) < 4.78 is 6.52. The molecule has 0 bridgehead atoms. The van der Waals surface area contributed by atoms with E-state index < -0.39 is 0 Å². The van der Waals surface area contributed by atoms with Crippen LogP contribution in [0.1, 0.15) is 45.0 Å². The van der Waals surface area contributed by atoms with E-state index in [0.29, 0.717) is 6.54 Å². The average Bonchev–Trinajstić information content (AvgIpc) is 3.24. The molecule has 1 saturated heterocycles. The quantitative estimate of drug-likeness (QED) is 0.804. The molecule has 0 aliphatic carbocycles. The number of halogens is 1. The number of hydrogen-bond donors (Lipinski definition) is 1. The number of ether oxygens (including phenoxy) is 1. The second-order valence-electron chi connectivity index (χ2n) is 6.14. The third-order valence-electron chi connectivity index (χ3n) is 4.43. The zero-order valence-corrected chi connectivity index (χ0v) is 15.5. The van der Waals surface area contributed by atoms with Crippen molar-refractivity contribution in [2.24, 2.45) is 0 Å². The summed E-state index contributed by atoms with van der Waals surface area (Å²) in [6.07, 6.45) is 4.22. The van der Waals surface area contributed by atoms with E-state index in [-0.39, 0.29) is 18.2 Å². The molecule has 2 aromatic rings. The van der Waals surface area contributed by atoms with Gasteiger partial charge in [0, 0.05) is 11.0 Å². The number of aromatic nitrogens is 2. The second-order valence-corrected chi connectivity index (χ2v) is 7.06. The lowest BCUT2D eigenvalue weighted by Gasteiger charge is -2.24. The molecule has 128 valence electrons. The third kappa shape index (κ3) is 3.64. The van der Waals surface area contributed by atoms with Gasteiger partial charge in [-0.3, -0.25) is 4.90 Å². The highest BCUT2D eigenvalue weighted by molar-refractivity contribution is 9.10. The van der Waals surface area contributed by atoms with Crippen molar-refractivity contribution in [2.75, 3.05) is 6.54 Å². The molecule has 5 nitrogen and oxygen atoms in total. The van der Waals surface area contributed by atoms with Crippen LogP contribution in [0.25, 0.3) is 11.3 Å². The monoisotopic (exact) mass is 391 g/mol. The van der Waals surface area contributed by atoms with Gasteiger partial charge in [0.25, 0.3) is 0 Å². The molecule has 0 radical (unpaired) electrons. The second kappa shape index (κ2) is 7.38. The molecule has 24 heavy (non-hydrogen) atoms. The largest absolute Gasteiger partial charge is 0.446 e. The van der Waals surface area contributed by atoms with Crippen molar-refractivity contribution in [2.45, 2.75) is 45.3 Å². The Kier molecular flexibility index (Phi) is 5.23. The maximum absolute atomic E-state index is 12.4. The highest BCUT2D eigenvalue weighted by atomic mass is 79.9. The van der Waals surface area contributed by atoms with Gasteiger partial charge < -0.3 is 9.72 Å². The normalized spacial score (nSPS) is 18.6. The predicted octanol–water partition coefficient (Wildman–Crippen LogP) is 4.91. The number of benzene rings is 1. The minimum absolute atomic E-state index is 0.0363. The zero-order chi connectivity index (χ0) is 17.1. The van der Waals surface area contributed by atoms with Gasteiger partial charge in [0.15, 0.2) is 0 Å². The summed E-state index contributed by atoms with van der Waals surface area (Å²) >= 11 is 3.44. The molecule has 3 rings (SSSR count). The van der Waals surface area contributed by atoms with Crippen LogP contribution in [0, 0.1) is 0 Å². The summed E-state index contributed by atoms with van der Waals surface area (Å²) in [4.78, 5) is 22.0. The van der Waals surface area contributed by atoms with Crippen LogP contribution in [-0.2, 0) is 4.74 Å². The van der Waals surface area contributed by atoms with Gasteiger partial charge in [0.1, 0.15) is 11.9 Å². The Bertz CT molecular complexity index is 699. The van der Waals surface area contributed by atoms with E-state index in [9.17, 15) is 4.79 Å². The minimum Gasteiger partial charge on any atom is -0.446 e. The van der Waals surface area contributed by atoms with Crippen molar-refractivity contribution in [1.29, 1.82) is 0 Å². The van der Waals surface area contributed by atoms with E-state index in [1.54, 1.807) is 4.90 Å². The topological polar surface area (TPSA) is 58.2 Å². The van der Waals surface area contributed by atoms with Crippen LogP contribution in [0.15, 0.2) is 34.9 Å². The Hall–Kier alpha value is -1.82. The molecule has 1 unspecified atom stereocenters. The number of hydrogen-bond acceptors (Lipinski definition) is 3. The Morgan fingerprint density at radius 3 is 2.92 bits per heavy atom. The Morgan fingerprint density at radius 1 is 1.46 bits per heavy atom. The molecule has 0 saturated carbocycles. The number of nitrogens with zero attached hydrogens (tertiary/aromatic N) is 2. The van der Waals surface area contributed by atoms with E-state index >= 15 is 0 Å². The Balaban J connectivity index is 1.76. The van der Waals surface area contributed by atoms with Crippen molar-refractivity contribution in [1.82, 2.24) is 14.9 Å². The molecule has 6 heteroatoms. The molecule has 0 spiro atoms. The van der Waals surface area contributed by atoms with Crippen LogP contribution in [0.2, 0.25) is 0 Å². The number of H-pyrrole nitrogens is 1. The average molecular weight is 392 g/mol. The van der Waals surface area contributed by atoms with Gasteiger partial charge in [0.05, 0.1) is 17.9 Å². The van der Waals surface area contributed by atoms with Gasteiger partial charge in [-0.1, -0.05) is 35.0 Å². The van der Waals surface area contributed by atoms with Crippen LogP contribution < -0.4 is 0 Å². The summed E-state index contributed by atoms with van der Waals surface area (Å²) in [5, 5.41) is 0. The standard InChI is InChI=1S/C18H22BrN3O2/c1-3-12(2)24-18(23)22-10-4-5-16(22)17-20-11-15(21-17)13-6-8-14(19)9-7-13/h6-9,11-12,16H,3-5,10H2,1-2H3,(H,20,21)/t12?,16-/m0/s1. The predicted molar refractivity (Wildman–Crippen MR) is 96.6 cm³/mol. The Labute approximate surface area is 150 Å². The fraction of sp³-hybridized carbons (Fsp3) is 0.444. The first kappa shape index (κ1) is 17.0. The number of likely N-dealkylation sites (tertiary alicyclic amines) is 1. The lowest BCUT2D eigenvalue weighted by Crippen LogP contribution is -2.33. The van der Waals surface area contributed by atoms with Crippen LogP contribution in [0.5, 0.6) is 0 Å². The van der Waals surface area contributed by atoms with Crippen molar-refractivity contribution in [3.05, 3.63) is 40.8 Å². The van der Waals surface area contributed by atoms with E-state index in [1.165, 1.54) is 0 Å². The van der Waals surface area contributed by atoms with Gasteiger partial charge in [-0.15, -0.1) is 0 Å². The summed E-state index contributed by atoms with van der Waals surface area (Å²) in [5.74, 6) is 0.825. The maximum atomic E-state index is 12.4. The number of nitrogens with one attached hydrogen (secondary N) is 1. The highest BCUT2D eigenvalue weighted by Gasteiger charge is 2.33. The first-order valence-corrected chi connectivity index (χ1v) is 9.16. The number of carbonyl (C=O) groups excluding carboxylic acids is 1. The van der Waals surface area contributed by atoms with Gasteiger partial charge in [-0.2, -0.15) is 0 Å². The number of carbonyl (C=O) groups is 1. The molecule has 1 aromatic heterocycles. The van der Waals surface area contributed by atoms with Crippen LogP contribution in [0.4, 0.5) is 4.79 Å². The first-order chi connectivity index (χ1) is 11.6. The molecule has 1 aromatic carbocycles. The van der Waals surface area contributed by atoms with Crippen molar-refractivity contribution >= 4 is 22.0 Å². The first-order valence-electron chi connectivity index (χ1n) is 8.36. The zero-order valence-electron chi connectivity index (χ0n) is 14.0. The van der Waals surface area contributed by atoms with E-state index in [2.05, 4.69) is 25.9 Å². The SMILES string of the molecule is CCC(C)OC(=O)N1CCC[C@H]1c1ncc(-c2ccc(Br)cc2)[nH]1. The minimum atomic E-state index is -0.242. The van der Waals surface area contributed by atoms with Gasteiger partial charge in [-0.05, 0) is 43.9 Å². The molecule has 1 aliphatic heterocycles. The van der Waals surface area contributed by atoms with Crippen LogP contribution in [0.3, 0.4) is 0 Å². The molecule has 2 heterocycles. The maximum Gasteiger partial charge on any atom is 0.410 e. The molecule has 1 amide bonds. The van der Waals surface area contributed by atoms with E-state index in [4.69, 9.17) is 4.74 Å². The fourth-order valence-corrected chi connectivity index (χ4v) is 3.14. The number of rotatable bonds is 4. The van der Waals surface area contributed by atoms with E-state index in [1.807, 2.05) is 44.3 Å². The summed E-state index contributed by atoms with van der Waals surface area (Å²) in [6, 6.07) is 8.03. The van der Waals surface area contributed by atoms with Crippen LogP contribution >= 0.6 is 15.9 Å². The lowest BCUT2D eigenvalue weighted by atomic mass is 10.2. The van der Waals surface area contributed by atoms with Crippen LogP contribution in [-0.4, -0.2) is 33.6 Å². The molecule has 1 aliphatic rings. The molecular weight excluding hydrogens is 370 g/mol. The summed E-state index contributed by atoms with van der Waals surface area (Å²) in [7, 11) is 0. The van der Waals surface area contributed by atoms with Gasteiger partial charge in [0.2, 0.25) is 0 Å². The van der Waals surface area contributed by atoms with Crippen molar-refractivity contribution < 1.29 is 9.53 Å². The highest BCUT2D eigenvalue weighted by Crippen LogP contribution is 2.32. The number of aromatic amines is 1. The third-order valence-corrected chi connectivity index (χ3v) is 4.96. The molecular formula is C18H22BrN3O2. The number of imidazole rings is 1. The molecule has 1 N–H and O–H groups in total. The van der Waals surface area contributed by atoms with E-state index in [0.717, 1.165) is 40.8 Å². The Morgan fingerprint density at radius 2 is 2.21 bits per heavy atom. The summed E-state index contributed by atoms with van der Waals surface area (Å²) in [6.45, 7) is 4.65. The summed E-state index contributed by atoms with van der Waals surface area (Å²) in [5.41, 5.74) is 2.03. The fourth-order valence-electron chi connectivity index (χ4n) is 2.87. The van der Waals surface area contributed by atoms with Crippen molar-refractivity contribution in [3.8, 4) is 11.3 Å². The lowest BCUT2D eigenvalue weighted by molar-refractivity contribution is 0.0641. The molecule has 2 atom stereocenters. The number of amides is 1. The van der Waals surface area contributed by atoms with Gasteiger partial charge in [-0.25, -0.2) is 9.78 Å². The van der Waals surface area contributed by atoms with Crippen molar-refractivity contribution in [3.63, 3.8) is 0 Å². The smallest absolute Gasteiger partial charge is 0.410 e. The molecule has 1 fully saturated rings.